The molecule has 0 N–H and O–H groups in total. The summed E-state index contributed by atoms with van der Waals surface area (Å²) in [6, 6.07) is 24.4. The molecule has 3 aromatic carbocycles. The van der Waals surface area contributed by atoms with E-state index in [1.165, 1.54) is 27.5 Å². The van der Waals surface area contributed by atoms with Gasteiger partial charge in [-0.3, -0.25) is 0 Å². The average Bonchev–Trinajstić information content (AvgIpc) is 2.97. The fourth-order valence-electron chi connectivity index (χ4n) is 4.45. The SMILES string of the molecule is C1=CC2c3ccc4ccccc4c3C(c3ccccc3)C2C=C1. The van der Waals surface area contributed by atoms with Gasteiger partial charge in [0.25, 0.3) is 0 Å². The van der Waals surface area contributed by atoms with Crippen LogP contribution in [0.1, 0.15) is 28.5 Å². The molecule has 0 aliphatic heterocycles. The third-order valence-corrected chi connectivity index (χ3v) is 5.40. The van der Waals surface area contributed by atoms with Crippen LogP contribution in [0.2, 0.25) is 0 Å². The molecule has 2 aliphatic carbocycles. The summed E-state index contributed by atoms with van der Waals surface area (Å²) in [7, 11) is 0. The second-order valence-electron chi connectivity index (χ2n) is 6.55. The molecular weight excluding hydrogens is 276 g/mol. The molecule has 3 unspecified atom stereocenters. The zero-order chi connectivity index (χ0) is 15.2. The van der Waals surface area contributed by atoms with Crippen molar-refractivity contribution in [2.24, 2.45) is 5.92 Å². The van der Waals surface area contributed by atoms with E-state index in [1.807, 2.05) is 0 Å². The van der Waals surface area contributed by atoms with Crippen molar-refractivity contribution >= 4 is 10.8 Å². The number of benzene rings is 3. The number of hydrogen-bond acceptors (Lipinski definition) is 0. The number of allylic oxidation sites excluding steroid dienone is 4. The Hall–Kier alpha value is -2.60. The van der Waals surface area contributed by atoms with Gasteiger partial charge in [0.2, 0.25) is 0 Å². The first-order valence-corrected chi connectivity index (χ1v) is 8.35. The van der Waals surface area contributed by atoms with E-state index in [9.17, 15) is 0 Å². The van der Waals surface area contributed by atoms with Crippen LogP contribution in [0.25, 0.3) is 10.8 Å². The standard InChI is InChI=1S/C23H18/c1-2-9-17(10-3-1)22-20-13-7-6-12-19(20)21-15-14-16-8-4-5-11-18(16)23(21)22/h1-15,19-20,22H. The van der Waals surface area contributed by atoms with Gasteiger partial charge >= 0.3 is 0 Å². The molecule has 0 heteroatoms. The topological polar surface area (TPSA) is 0 Å². The summed E-state index contributed by atoms with van der Waals surface area (Å²) in [4.78, 5) is 0. The van der Waals surface area contributed by atoms with E-state index in [1.54, 1.807) is 0 Å². The second-order valence-corrected chi connectivity index (χ2v) is 6.55. The van der Waals surface area contributed by atoms with Crippen molar-refractivity contribution in [2.75, 3.05) is 0 Å². The Bertz CT molecular complexity index is 931. The quantitative estimate of drug-likeness (QED) is 0.531. The first-order chi connectivity index (χ1) is 11.4. The Morgan fingerprint density at radius 2 is 1.43 bits per heavy atom. The first-order valence-electron chi connectivity index (χ1n) is 8.35. The Labute approximate surface area is 136 Å². The van der Waals surface area contributed by atoms with Crippen molar-refractivity contribution in [3.63, 3.8) is 0 Å². The number of hydrogen-bond donors (Lipinski definition) is 0. The van der Waals surface area contributed by atoms with Gasteiger partial charge in [-0.05, 0) is 33.4 Å². The first kappa shape index (κ1) is 12.9. The highest BCUT2D eigenvalue weighted by Crippen LogP contribution is 2.54. The van der Waals surface area contributed by atoms with Crippen LogP contribution in [-0.4, -0.2) is 0 Å². The molecule has 3 aromatic rings. The van der Waals surface area contributed by atoms with Crippen molar-refractivity contribution in [2.45, 2.75) is 11.8 Å². The minimum Gasteiger partial charge on any atom is -0.0796 e. The lowest BCUT2D eigenvalue weighted by Crippen LogP contribution is -2.11. The Morgan fingerprint density at radius 3 is 2.35 bits per heavy atom. The van der Waals surface area contributed by atoms with Gasteiger partial charge < -0.3 is 0 Å². The zero-order valence-corrected chi connectivity index (χ0v) is 12.9. The van der Waals surface area contributed by atoms with Gasteiger partial charge in [0, 0.05) is 11.8 Å². The van der Waals surface area contributed by atoms with E-state index >= 15 is 0 Å². The largest absolute Gasteiger partial charge is 0.0796 e. The molecule has 23 heavy (non-hydrogen) atoms. The van der Waals surface area contributed by atoms with Gasteiger partial charge in [-0.2, -0.15) is 0 Å². The van der Waals surface area contributed by atoms with Crippen molar-refractivity contribution in [3.8, 4) is 0 Å². The third-order valence-electron chi connectivity index (χ3n) is 5.40. The van der Waals surface area contributed by atoms with Gasteiger partial charge in [0.05, 0.1) is 0 Å². The highest BCUT2D eigenvalue weighted by Gasteiger charge is 2.40. The molecule has 0 spiro atoms. The Morgan fingerprint density at radius 1 is 0.652 bits per heavy atom. The number of fused-ring (bicyclic) bond motifs is 5. The Balaban J connectivity index is 1.84. The van der Waals surface area contributed by atoms with E-state index in [0.29, 0.717) is 17.8 Å². The monoisotopic (exact) mass is 294 g/mol. The van der Waals surface area contributed by atoms with Gasteiger partial charge in [-0.25, -0.2) is 0 Å². The van der Waals surface area contributed by atoms with E-state index in [2.05, 4.69) is 91.0 Å². The van der Waals surface area contributed by atoms with E-state index < -0.39 is 0 Å². The summed E-state index contributed by atoms with van der Waals surface area (Å²) < 4.78 is 0. The molecule has 0 fully saturated rings. The molecular formula is C23H18. The highest BCUT2D eigenvalue weighted by atomic mass is 14.4. The maximum Gasteiger partial charge on any atom is 0.0170 e. The molecule has 0 nitrogen and oxygen atoms in total. The summed E-state index contributed by atoms with van der Waals surface area (Å²) in [6.45, 7) is 0. The lowest BCUT2D eigenvalue weighted by atomic mass is 9.80. The summed E-state index contributed by atoms with van der Waals surface area (Å²) in [5.74, 6) is 1.48. The Kier molecular flexibility index (Phi) is 2.78. The van der Waals surface area contributed by atoms with Crippen molar-refractivity contribution in [3.05, 3.63) is 108 Å². The van der Waals surface area contributed by atoms with Crippen molar-refractivity contribution in [1.82, 2.24) is 0 Å². The van der Waals surface area contributed by atoms with Crippen LogP contribution < -0.4 is 0 Å². The van der Waals surface area contributed by atoms with E-state index in [0.717, 1.165) is 0 Å². The summed E-state index contributed by atoms with van der Waals surface area (Å²) in [6.07, 6.45) is 9.19. The molecule has 110 valence electrons. The third kappa shape index (κ3) is 1.85. The second kappa shape index (κ2) is 4.96. The van der Waals surface area contributed by atoms with Crippen LogP contribution >= 0.6 is 0 Å². The summed E-state index contributed by atoms with van der Waals surface area (Å²) >= 11 is 0. The summed E-state index contributed by atoms with van der Waals surface area (Å²) in [5.41, 5.74) is 4.46. The van der Waals surface area contributed by atoms with Crippen LogP contribution in [0, 0.1) is 5.92 Å². The molecule has 0 saturated heterocycles. The van der Waals surface area contributed by atoms with E-state index in [4.69, 9.17) is 0 Å². The minimum atomic E-state index is 0.448. The molecule has 5 rings (SSSR count). The lowest BCUT2D eigenvalue weighted by Gasteiger charge is -2.23. The smallest absolute Gasteiger partial charge is 0.0170 e. The van der Waals surface area contributed by atoms with Crippen LogP contribution in [0.15, 0.2) is 91.0 Å². The lowest BCUT2D eigenvalue weighted by molar-refractivity contribution is 0.568. The molecule has 0 heterocycles. The predicted octanol–water partition coefficient (Wildman–Crippen LogP) is 5.81. The van der Waals surface area contributed by atoms with Crippen LogP contribution in [0.4, 0.5) is 0 Å². The summed E-state index contributed by atoms with van der Waals surface area (Å²) in [5, 5.41) is 2.76. The molecule has 0 aromatic heterocycles. The van der Waals surface area contributed by atoms with Crippen molar-refractivity contribution < 1.29 is 0 Å². The van der Waals surface area contributed by atoms with Crippen LogP contribution in [0.5, 0.6) is 0 Å². The maximum absolute atomic E-state index is 2.40. The zero-order valence-electron chi connectivity index (χ0n) is 12.9. The molecule has 3 atom stereocenters. The molecule has 0 bridgehead atoms. The average molecular weight is 294 g/mol. The van der Waals surface area contributed by atoms with Gasteiger partial charge in [-0.15, -0.1) is 0 Å². The van der Waals surface area contributed by atoms with Crippen LogP contribution in [-0.2, 0) is 0 Å². The predicted molar refractivity (Wildman–Crippen MR) is 96.7 cm³/mol. The van der Waals surface area contributed by atoms with Gasteiger partial charge in [-0.1, -0.05) is 91.0 Å². The molecule has 0 amide bonds. The minimum absolute atomic E-state index is 0.448. The highest BCUT2D eigenvalue weighted by molar-refractivity contribution is 5.89. The number of rotatable bonds is 1. The molecule has 2 aliphatic rings. The molecule has 0 radical (unpaired) electrons. The van der Waals surface area contributed by atoms with E-state index in [-0.39, 0.29) is 0 Å². The van der Waals surface area contributed by atoms with Gasteiger partial charge in [0.1, 0.15) is 0 Å². The van der Waals surface area contributed by atoms with Gasteiger partial charge in [0.15, 0.2) is 0 Å². The molecule has 0 saturated carbocycles. The van der Waals surface area contributed by atoms with Crippen molar-refractivity contribution in [1.29, 1.82) is 0 Å². The fraction of sp³-hybridized carbons (Fsp3) is 0.130. The normalized spacial score (nSPS) is 24.6. The van der Waals surface area contributed by atoms with Crippen LogP contribution in [0.3, 0.4) is 0 Å². The fourth-order valence-corrected chi connectivity index (χ4v) is 4.45. The maximum atomic E-state index is 2.40.